The van der Waals surface area contributed by atoms with E-state index in [9.17, 15) is 14.2 Å². The van der Waals surface area contributed by atoms with Crippen molar-refractivity contribution in [2.75, 3.05) is 13.2 Å². The molecule has 0 rings (SSSR count). The van der Waals surface area contributed by atoms with E-state index >= 15 is 0 Å². The van der Waals surface area contributed by atoms with E-state index in [4.69, 9.17) is 19.3 Å². The third-order valence-corrected chi connectivity index (χ3v) is 11.2. The van der Waals surface area contributed by atoms with Crippen LogP contribution in [-0.4, -0.2) is 41.0 Å². The van der Waals surface area contributed by atoms with Gasteiger partial charge in [0, 0.05) is 12.8 Å². The molecule has 0 bridgehead atoms. The number of rotatable bonds is 45. The van der Waals surface area contributed by atoms with Gasteiger partial charge in [0.2, 0.25) is 0 Å². The molecule has 336 valence electrons. The van der Waals surface area contributed by atoms with Gasteiger partial charge in [-0.15, -0.1) is 0 Å². The first kappa shape index (κ1) is 55.5. The summed E-state index contributed by atoms with van der Waals surface area (Å²) < 4.78 is 26.5. The number of unbranched alkanes of at least 4 members (excludes halogenated alkanes) is 31. The van der Waals surface area contributed by atoms with Crippen molar-refractivity contribution in [2.45, 2.75) is 258 Å². The van der Waals surface area contributed by atoms with Crippen molar-refractivity contribution in [3.05, 3.63) is 24.3 Å². The molecule has 0 aromatic rings. The molecule has 0 aromatic carbocycles. The lowest BCUT2D eigenvalue weighted by Gasteiger charge is -2.18. The summed E-state index contributed by atoms with van der Waals surface area (Å²) in [7, 11) is -4.76. The van der Waals surface area contributed by atoms with E-state index in [1.54, 1.807) is 0 Å². The van der Waals surface area contributed by atoms with Crippen molar-refractivity contribution in [3.63, 3.8) is 0 Å². The molecule has 0 spiro atoms. The van der Waals surface area contributed by atoms with Gasteiger partial charge in [0.05, 0.1) is 6.61 Å². The highest BCUT2D eigenvalue weighted by atomic mass is 31.2. The van der Waals surface area contributed by atoms with Crippen LogP contribution in [-0.2, 0) is 28.2 Å². The summed E-state index contributed by atoms with van der Waals surface area (Å²) in [5.41, 5.74) is 0. The lowest BCUT2D eigenvalue weighted by molar-refractivity contribution is -0.161. The predicted octanol–water partition coefficient (Wildman–Crippen LogP) is 15.1. The lowest BCUT2D eigenvalue weighted by Crippen LogP contribution is -2.29. The van der Waals surface area contributed by atoms with E-state index in [1.807, 2.05) is 0 Å². The van der Waals surface area contributed by atoms with Gasteiger partial charge in [-0.2, -0.15) is 0 Å². The molecule has 0 aliphatic rings. The Balaban J connectivity index is 3.82. The Bertz CT molecular complexity index is 977. The summed E-state index contributed by atoms with van der Waals surface area (Å²) in [6.07, 6.45) is 51.9. The number of esters is 2. The van der Waals surface area contributed by atoms with Gasteiger partial charge in [0.15, 0.2) is 6.10 Å². The first-order valence-electron chi connectivity index (χ1n) is 24.1. The Kier molecular flexibility index (Phi) is 43.0. The zero-order valence-corrected chi connectivity index (χ0v) is 38.1. The molecule has 0 amide bonds. The number of hydrogen-bond acceptors (Lipinski definition) is 6. The molecule has 1 atom stereocenters. The molecule has 0 aromatic heterocycles. The smallest absolute Gasteiger partial charge is 0.462 e. The average Bonchev–Trinajstić information content (AvgIpc) is 3.18. The lowest BCUT2D eigenvalue weighted by atomic mass is 10.0. The molecule has 9 heteroatoms. The average molecular weight is 827 g/mol. The van der Waals surface area contributed by atoms with Gasteiger partial charge in [0.25, 0.3) is 0 Å². The van der Waals surface area contributed by atoms with Crippen LogP contribution >= 0.6 is 7.82 Å². The van der Waals surface area contributed by atoms with E-state index in [0.29, 0.717) is 6.42 Å². The van der Waals surface area contributed by atoms with Crippen LogP contribution in [0, 0.1) is 0 Å². The van der Waals surface area contributed by atoms with Gasteiger partial charge in [-0.25, -0.2) is 4.57 Å². The minimum Gasteiger partial charge on any atom is -0.462 e. The van der Waals surface area contributed by atoms with Gasteiger partial charge in [-0.3, -0.25) is 14.1 Å². The molecule has 57 heavy (non-hydrogen) atoms. The van der Waals surface area contributed by atoms with Gasteiger partial charge in [0.1, 0.15) is 6.61 Å². The number of phosphoric acid groups is 1. The second-order valence-corrected chi connectivity index (χ2v) is 17.7. The van der Waals surface area contributed by atoms with Gasteiger partial charge < -0.3 is 19.3 Å². The number of carbonyl (C=O) groups is 2. The van der Waals surface area contributed by atoms with Crippen molar-refractivity contribution in [3.8, 4) is 0 Å². The summed E-state index contributed by atoms with van der Waals surface area (Å²) in [6.45, 7) is 3.70. The van der Waals surface area contributed by atoms with Gasteiger partial charge in [-0.05, 0) is 44.9 Å². The highest BCUT2D eigenvalue weighted by Crippen LogP contribution is 2.36. The van der Waals surface area contributed by atoms with Crippen LogP contribution in [0.15, 0.2) is 24.3 Å². The second-order valence-electron chi connectivity index (χ2n) is 16.4. The number of hydrogen-bond donors (Lipinski definition) is 2. The van der Waals surface area contributed by atoms with E-state index < -0.39 is 32.5 Å². The number of allylic oxidation sites excluding steroid dienone is 4. The van der Waals surface area contributed by atoms with E-state index in [0.717, 1.165) is 51.4 Å². The zero-order chi connectivity index (χ0) is 41.8. The van der Waals surface area contributed by atoms with Gasteiger partial charge in [-0.1, -0.05) is 218 Å². The molecule has 2 N–H and O–H groups in total. The molecule has 0 radical (unpaired) electrons. The standard InChI is InChI=1S/C48H91O8P/c1-3-5-7-9-11-13-15-17-19-21-23-24-25-27-28-30-32-34-36-38-40-42-47(49)54-44-46(45-55-57(51,52)53)56-48(50)43-41-39-37-35-33-31-29-26-22-20-18-16-14-12-10-8-6-4-2/h14,16,20,22,46H,3-13,15,17-19,21,23-45H2,1-2H3,(H2,51,52,53)/b16-14-,22-20-. The van der Waals surface area contributed by atoms with Crippen molar-refractivity contribution in [2.24, 2.45) is 0 Å². The molecule has 0 fully saturated rings. The minimum atomic E-state index is -4.76. The Morgan fingerprint density at radius 3 is 1.18 bits per heavy atom. The Morgan fingerprint density at radius 1 is 0.456 bits per heavy atom. The first-order chi connectivity index (χ1) is 27.8. The maximum absolute atomic E-state index is 12.4. The molecule has 8 nitrogen and oxygen atoms in total. The van der Waals surface area contributed by atoms with Crippen LogP contribution < -0.4 is 0 Å². The third kappa shape index (κ3) is 47.1. The zero-order valence-electron chi connectivity index (χ0n) is 37.3. The molecular formula is C48H91O8P. The van der Waals surface area contributed by atoms with Gasteiger partial charge >= 0.3 is 19.8 Å². The largest absolute Gasteiger partial charge is 0.469 e. The summed E-state index contributed by atoms with van der Waals surface area (Å²) in [5, 5.41) is 0. The SMILES string of the molecule is CCCCCC/C=C\C/C=C\CCCCCCCCCC(=O)OC(COC(=O)CCCCCCCCCCCCCCCCCCCCCCC)COP(=O)(O)O. The van der Waals surface area contributed by atoms with Crippen LogP contribution in [0.2, 0.25) is 0 Å². The van der Waals surface area contributed by atoms with Crippen LogP contribution in [0.4, 0.5) is 0 Å². The maximum Gasteiger partial charge on any atom is 0.469 e. The maximum atomic E-state index is 12.4. The molecule has 0 aliphatic heterocycles. The molecule has 0 saturated heterocycles. The first-order valence-corrected chi connectivity index (χ1v) is 25.7. The number of ether oxygens (including phenoxy) is 2. The van der Waals surface area contributed by atoms with Crippen molar-refractivity contribution in [1.82, 2.24) is 0 Å². The fourth-order valence-electron chi connectivity index (χ4n) is 7.11. The molecule has 0 aliphatic carbocycles. The van der Waals surface area contributed by atoms with Crippen LogP contribution in [0.3, 0.4) is 0 Å². The quantitative estimate of drug-likeness (QED) is 0.0270. The summed E-state index contributed by atoms with van der Waals surface area (Å²) >= 11 is 0. The monoisotopic (exact) mass is 827 g/mol. The molecular weight excluding hydrogens is 735 g/mol. The van der Waals surface area contributed by atoms with E-state index in [2.05, 4.69) is 42.7 Å². The topological polar surface area (TPSA) is 119 Å². The normalized spacial score (nSPS) is 12.6. The highest BCUT2D eigenvalue weighted by Gasteiger charge is 2.23. The molecule has 0 heterocycles. The summed E-state index contributed by atoms with van der Waals surface area (Å²) in [4.78, 5) is 43.0. The summed E-state index contributed by atoms with van der Waals surface area (Å²) in [6, 6.07) is 0. The fraction of sp³-hybridized carbons (Fsp3) is 0.875. The van der Waals surface area contributed by atoms with Crippen molar-refractivity contribution in [1.29, 1.82) is 0 Å². The predicted molar refractivity (Wildman–Crippen MR) is 239 cm³/mol. The van der Waals surface area contributed by atoms with Crippen molar-refractivity contribution < 1.29 is 37.9 Å². The minimum absolute atomic E-state index is 0.206. The number of carbonyl (C=O) groups excluding carboxylic acids is 2. The second kappa shape index (κ2) is 44.1. The Labute approximate surface area is 351 Å². The van der Waals surface area contributed by atoms with E-state index in [-0.39, 0.29) is 19.4 Å². The Morgan fingerprint density at radius 2 is 0.789 bits per heavy atom. The molecule has 0 saturated carbocycles. The summed E-state index contributed by atoms with van der Waals surface area (Å²) in [5.74, 6) is -0.880. The number of phosphoric ester groups is 1. The Hall–Kier alpha value is -1.47. The third-order valence-electron chi connectivity index (χ3n) is 10.7. The van der Waals surface area contributed by atoms with Crippen molar-refractivity contribution >= 4 is 19.8 Å². The van der Waals surface area contributed by atoms with Crippen LogP contribution in [0.25, 0.3) is 0 Å². The van der Waals surface area contributed by atoms with E-state index in [1.165, 1.54) is 167 Å². The van der Waals surface area contributed by atoms with Crippen LogP contribution in [0.1, 0.15) is 251 Å². The van der Waals surface area contributed by atoms with Crippen LogP contribution in [0.5, 0.6) is 0 Å². The highest BCUT2D eigenvalue weighted by molar-refractivity contribution is 7.46. The fourth-order valence-corrected chi connectivity index (χ4v) is 7.47. The molecule has 1 unspecified atom stereocenters.